The van der Waals surface area contributed by atoms with Crippen LogP contribution in [0.5, 0.6) is 5.75 Å². The van der Waals surface area contributed by atoms with E-state index in [9.17, 15) is 5.11 Å². The van der Waals surface area contributed by atoms with Crippen LogP contribution >= 0.6 is 11.3 Å². The topological polar surface area (TPSA) is 29.5 Å². The number of para-hydroxylation sites is 1. The van der Waals surface area contributed by atoms with Crippen molar-refractivity contribution in [3.8, 4) is 5.75 Å². The molecule has 1 atom stereocenters. The van der Waals surface area contributed by atoms with Gasteiger partial charge in [0.15, 0.2) is 0 Å². The van der Waals surface area contributed by atoms with Crippen LogP contribution < -0.4 is 4.74 Å². The maximum absolute atomic E-state index is 10.9. The van der Waals surface area contributed by atoms with Gasteiger partial charge in [-0.25, -0.2) is 0 Å². The van der Waals surface area contributed by atoms with Crippen LogP contribution in [0.3, 0.4) is 0 Å². The van der Waals surface area contributed by atoms with E-state index < -0.39 is 5.60 Å². The van der Waals surface area contributed by atoms with Crippen LogP contribution in [-0.2, 0) is 12.0 Å². The first-order valence-electron chi connectivity index (χ1n) is 6.13. The Morgan fingerprint density at radius 1 is 1.28 bits per heavy atom. The summed E-state index contributed by atoms with van der Waals surface area (Å²) in [5.74, 6) is 0.869. The van der Waals surface area contributed by atoms with E-state index in [1.165, 1.54) is 10.4 Å². The van der Waals surface area contributed by atoms with Gasteiger partial charge in [0, 0.05) is 21.7 Å². The number of rotatable bonds is 2. The summed E-state index contributed by atoms with van der Waals surface area (Å²) >= 11 is 1.63. The molecular weight excluding hydrogens is 244 g/mol. The first kappa shape index (κ1) is 11.8. The van der Waals surface area contributed by atoms with Gasteiger partial charge in [-0.3, -0.25) is 0 Å². The van der Waals surface area contributed by atoms with Gasteiger partial charge in [-0.2, -0.15) is 0 Å². The van der Waals surface area contributed by atoms with Crippen LogP contribution in [0.1, 0.15) is 27.8 Å². The van der Waals surface area contributed by atoms with Gasteiger partial charge >= 0.3 is 0 Å². The first-order valence-corrected chi connectivity index (χ1v) is 6.95. The minimum absolute atomic E-state index is 0.714. The molecule has 0 aliphatic carbocycles. The molecule has 0 amide bonds. The number of hydrogen-bond donors (Lipinski definition) is 1. The van der Waals surface area contributed by atoms with Gasteiger partial charge in [-0.1, -0.05) is 18.2 Å². The lowest BCUT2D eigenvalue weighted by atomic mass is 9.92. The molecule has 0 fully saturated rings. The Morgan fingerprint density at radius 2 is 2.11 bits per heavy atom. The lowest BCUT2D eigenvalue weighted by Gasteiger charge is -2.24. The van der Waals surface area contributed by atoms with Crippen molar-refractivity contribution in [2.24, 2.45) is 0 Å². The van der Waals surface area contributed by atoms with Gasteiger partial charge in [0.1, 0.15) is 11.4 Å². The summed E-state index contributed by atoms with van der Waals surface area (Å²) in [6.07, 6.45) is 0.933. The van der Waals surface area contributed by atoms with Gasteiger partial charge in [0.25, 0.3) is 0 Å². The summed E-state index contributed by atoms with van der Waals surface area (Å²) in [4.78, 5) is 2.17. The zero-order chi connectivity index (χ0) is 12.8. The summed E-state index contributed by atoms with van der Waals surface area (Å²) in [5, 5.41) is 10.9. The zero-order valence-electron chi connectivity index (χ0n) is 10.6. The van der Waals surface area contributed by atoms with Crippen molar-refractivity contribution in [1.82, 2.24) is 0 Å². The van der Waals surface area contributed by atoms with Gasteiger partial charge in [0.05, 0.1) is 6.61 Å². The minimum Gasteiger partial charge on any atom is -0.493 e. The van der Waals surface area contributed by atoms with Crippen LogP contribution in [0, 0.1) is 6.92 Å². The molecule has 94 valence electrons. The Labute approximate surface area is 111 Å². The average molecular weight is 260 g/mol. The molecule has 0 radical (unpaired) electrons. The zero-order valence-corrected chi connectivity index (χ0v) is 11.4. The summed E-state index contributed by atoms with van der Waals surface area (Å²) in [5.41, 5.74) is 1.09. The fraction of sp³-hybridized carbons (Fsp3) is 0.333. The highest BCUT2D eigenvalue weighted by Crippen LogP contribution is 2.41. The molecule has 1 aliphatic rings. The molecule has 0 saturated heterocycles. The Balaban J connectivity index is 2.12. The third kappa shape index (κ3) is 1.74. The maximum Gasteiger partial charge on any atom is 0.129 e. The highest BCUT2D eigenvalue weighted by molar-refractivity contribution is 7.12. The molecular formula is C15H16O2S. The smallest absolute Gasteiger partial charge is 0.129 e. The molecule has 0 saturated carbocycles. The summed E-state index contributed by atoms with van der Waals surface area (Å²) in [6, 6.07) is 10.1. The molecule has 1 aromatic carbocycles. The quantitative estimate of drug-likeness (QED) is 0.898. The van der Waals surface area contributed by atoms with Crippen molar-refractivity contribution in [2.75, 3.05) is 6.61 Å². The third-order valence-corrected chi connectivity index (χ3v) is 4.67. The van der Waals surface area contributed by atoms with Crippen molar-refractivity contribution in [3.05, 3.63) is 51.2 Å². The average Bonchev–Trinajstić information content (AvgIpc) is 2.96. The highest BCUT2D eigenvalue weighted by atomic mass is 32.1. The van der Waals surface area contributed by atoms with E-state index in [1.54, 1.807) is 11.3 Å². The molecule has 3 heteroatoms. The number of thiophene rings is 1. The number of benzene rings is 1. The van der Waals surface area contributed by atoms with E-state index in [1.807, 2.05) is 31.2 Å². The van der Waals surface area contributed by atoms with Crippen LogP contribution in [0.25, 0.3) is 0 Å². The van der Waals surface area contributed by atoms with Gasteiger partial charge in [-0.15, -0.1) is 11.3 Å². The fourth-order valence-corrected chi connectivity index (χ4v) is 3.36. The Kier molecular flexibility index (Phi) is 2.68. The summed E-state index contributed by atoms with van der Waals surface area (Å²) < 4.78 is 5.69. The Bertz CT molecular complexity index is 584. The lowest BCUT2D eigenvalue weighted by Crippen LogP contribution is -2.22. The normalized spacial score (nSPS) is 17.1. The van der Waals surface area contributed by atoms with Crippen LogP contribution in [0.15, 0.2) is 30.3 Å². The molecule has 0 spiro atoms. The van der Waals surface area contributed by atoms with Crippen LogP contribution in [0.2, 0.25) is 0 Å². The monoisotopic (exact) mass is 260 g/mol. The number of fused-ring (bicyclic) bond motifs is 1. The molecule has 2 nitrogen and oxygen atoms in total. The molecule has 2 aromatic rings. The van der Waals surface area contributed by atoms with Crippen molar-refractivity contribution in [1.29, 1.82) is 0 Å². The first-order chi connectivity index (χ1) is 8.59. The second kappa shape index (κ2) is 4.11. The Morgan fingerprint density at radius 3 is 2.83 bits per heavy atom. The van der Waals surface area contributed by atoms with Gasteiger partial charge in [0.2, 0.25) is 0 Å². The van der Waals surface area contributed by atoms with E-state index in [0.717, 1.165) is 22.6 Å². The van der Waals surface area contributed by atoms with Gasteiger partial charge < -0.3 is 9.84 Å². The summed E-state index contributed by atoms with van der Waals surface area (Å²) in [7, 11) is 0. The van der Waals surface area contributed by atoms with E-state index in [0.29, 0.717) is 6.61 Å². The SMILES string of the molecule is Cc1ccc(C(C)(O)c2cccc3c2OCC3)s1. The number of aryl methyl sites for hydroxylation is 1. The van der Waals surface area contributed by atoms with Gasteiger partial charge in [-0.05, 0) is 31.5 Å². The molecule has 1 aromatic heterocycles. The van der Waals surface area contributed by atoms with E-state index in [4.69, 9.17) is 4.74 Å². The molecule has 1 N–H and O–H groups in total. The molecule has 1 unspecified atom stereocenters. The fourth-order valence-electron chi connectivity index (χ4n) is 2.43. The van der Waals surface area contributed by atoms with Crippen LogP contribution in [0.4, 0.5) is 0 Å². The lowest BCUT2D eigenvalue weighted by molar-refractivity contribution is 0.103. The van der Waals surface area contributed by atoms with E-state index in [-0.39, 0.29) is 0 Å². The number of aliphatic hydroxyl groups is 1. The predicted octanol–water partition coefficient (Wildman–Crippen LogP) is 3.25. The van der Waals surface area contributed by atoms with Crippen molar-refractivity contribution in [3.63, 3.8) is 0 Å². The molecule has 2 heterocycles. The number of ether oxygens (including phenoxy) is 1. The van der Waals surface area contributed by atoms with Crippen molar-refractivity contribution < 1.29 is 9.84 Å². The van der Waals surface area contributed by atoms with Crippen molar-refractivity contribution in [2.45, 2.75) is 25.9 Å². The number of hydrogen-bond acceptors (Lipinski definition) is 3. The third-order valence-electron chi connectivity index (χ3n) is 3.46. The molecule has 3 rings (SSSR count). The molecule has 0 bridgehead atoms. The second-order valence-corrected chi connectivity index (χ2v) is 6.16. The predicted molar refractivity (Wildman–Crippen MR) is 73.4 cm³/mol. The van der Waals surface area contributed by atoms with E-state index >= 15 is 0 Å². The summed E-state index contributed by atoms with van der Waals surface area (Å²) in [6.45, 7) is 4.61. The van der Waals surface area contributed by atoms with E-state index in [2.05, 4.69) is 13.0 Å². The largest absolute Gasteiger partial charge is 0.493 e. The Hall–Kier alpha value is -1.32. The maximum atomic E-state index is 10.9. The molecule has 1 aliphatic heterocycles. The standard InChI is InChI=1S/C15H16O2S/c1-10-6-7-13(18-10)15(2,16)12-5-3-4-11-8-9-17-14(11)12/h3-7,16H,8-9H2,1-2H3. The minimum atomic E-state index is -0.978. The van der Waals surface area contributed by atoms with Crippen molar-refractivity contribution >= 4 is 11.3 Å². The highest BCUT2D eigenvalue weighted by Gasteiger charge is 2.32. The second-order valence-electron chi connectivity index (χ2n) is 4.87. The molecule has 18 heavy (non-hydrogen) atoms. The van der Waals surface area contributed by atoms with Crippen LogP contribution in [-0.4, -0.2) is 11.7 Å².